The van der Waals surface area contributed by atoms with Crippen LogP contribution in [0.25, 0.3) is 0 Å². The van der Waals surface area contributed by atoms with Gasteiger partial charge in [0.05, 0.1) is 0 Å². The third-order valence-corrected chi connectivity index (χ3v) is 4.59. The van der Waals surface area contributed by atoms with Crippen molar-refractivity contribution >= 4 is 17.3 Å². The first-order chi connectivity index (χ1) is 13.7. The normalized spacial score (nSPS) is 13.3. The molecule has 1 heterocycles. The molecule has 1 amide bonds. The lowest BCUT2D eigenvalue weighted by molar-refractivity contribution is -0.116. The van der Waals surface area contributed by atoms with E-state index in [9.17, 15) is 4.79 Å². The fourth-order valence-corrected chi connectivity index (χ4v) is 2.84. The smallest absolute Gasteiger partial charge is 0.229 e. The van der Waals surface area contributed by atoms with Gasteiger partial charge in [-0.3, -0.25) is 4.79 Å². The van der Waals surface area contributed by atoms with Crippen molar-refractivity contribution in [2.75, 3.05) is 11.1 Å². The summed E-state index contributed by atoms with van der Waals surface area (Å²) in [5, 5.41) is 6.80. The Bertz CT molecular complexity index is 948. The largest absolute Gasteiger partial charge is 0.485 e. The number of para-hydroxylation sites is 1. The molecule has 0 atom stereocenters. The van der Waals surface area contributed by atoms with E-state index in [1.807, 2.05) is 24.3 Å². The van der Waals surface area contributed by atoms with Gasteiger partial charge in [0.2, 0.25) is 17.6 Å². The maximum absolute atomic E-state index is 12.1. The molecular formula is C21H22N4O3. The topological polar surface area (TPSA) is 103 Å². The molecule has 0 spiro atoms. The van der Waals surface area contributed by atoms with Crippen LogP contribution >= 0.6 is 0 Å². The Kier molecular flexibility index (Phi) is 5.23. The Balaban J connectivity index is 1.24. The SMILES string of the molecule is Nc1ccccc1CCC(=O)Nc1ccc(OCc2noc(C3CC3)n2)cc1. The maximum atomic E-state index is 12.1. The van der Waals surface area contributed by atoms with E-state index in [2.05, 4.69) is 15.5 Å². The van der Waals surface area contributed by atoms with Crippen LogP contribution in [0.3, 0.4) is 0 Å². The van der Waals surface area contributed by atoms with Crippen molar-refractivity contribution in [3.63, 3.8) is 0 Å². The van der Waals surface area contributed by atoms with Crippen LogP contribution in [-0.2, 0) is 17.8 Å². The van der Waals surface area contributed by atoms with Crippen LogP contribution in [0.5, 0.6) is 5.75 Å². The number of aryl methyl sites for hydroxylation is 1. The standard InChI is InChI=1S/C21H22N4O3/c22-18-4-2-1-3-14(18)7-12-20(26)23-16-8-10-17(11-9-16)27-13-19-24-21(28-25-19)15-5-6-15/h1-4,8-11,15H,5-7,12-13,22H2,(H,23,26). The minimum Gasteiger partial charge on any atom is -0.485 e. The van der Waals surface area contributed by atoms with Gasteiger partial charge in [0.25, 0.3) is 0 Å². The van der Waals surface area contributed by atoms with E-state index >= 15 is 0 Å². The minimum atomic E-state index is -0.0590. The summed E-state index contributed by atoms with van der Waals surface area (Å²) in [6, 6.07) is 14.8. The highest BCUT2D eigenvalue weighted by Crippen LogP contribution is 2.38. The molecule has 1 fully saturated rings. The molecule has 3 aromatic rings. The zero-order valence-corrected chi connectivity index (χ0v) is 15.4. The van der Waals surface area contributed by atoms with Crippen molar-refractivity contribution in [2.24, 2.45) is 0 Å². The molecular weight excluding hydrogens is 356 g/mol. The average molecular weight is 378 g/mol. The van der Waals surface area contributed by atoms with Gasteiger partial charge in [-0.25, -0.2) is 0 Å². The van der Waals surface area contributed by atoms with Crippen LogP contribution in [0, 0.1) is 0 Å². The van der Waals surface area contributed by atoms with E-state index in [4.69, 9.17) is 15.0 Å². The number of nitrogens with zero attached hydrogens (tertiary/aromatic N) is 2. The Labute approximate surface area is 162 Å². The van der Waals surface area contributed by atoms with E-state index in [1.54, 1.807) is 24.3 Å². The summed E-state index contributed by atoms with van der Waals surface area (Å²) in [6.07, 6.45) is 3.21. The quantitative estimate of drug-likeness (QED) is 0.580. The number of hydrogen-bond donors (Lipinski definition) is 2. The van der Waals surface area contributed by atoms with Gasteiger partial charge in [-0.1, -0.05) is 23.4 Å². The number of nitrogens with two attached hydrogens (primary N) is 1. The third-order valence-electron chi connectivity index (χ3n) is 4.59. The molecule has 4 rings (SSSR count). The van der Waals surface area contributed by atoms with Crippen molar-refractivity contribution in [3.8, 4) is 5.75 Å². The Hall–Kier alpha value is -3.35. The summed E-state index contributed by atoms with van der Waals surface area (Å²) in [5.41, 5.74) is 8.31. The minimum absolute atomic E-state index is 0.0590. The summed E-state index contributed by atoms with van der Waals surface area (Å²) in [5.74, 6) is 2.29. The van der Waals surface area contributed by atoms with E-state index in [0.717, 1.165) is 18.4 Å². The molecule has 0 radical (unpaired) electrons. The zero-order valence-electron chi connectivity index (χ0n) is 15.4. The van der Waals surface area contributed by atoms with E-state index in [0.29, 0.717) is 47.6 Å². The molecule has 144 valence electrons. The molecule has 0 aliphatic heterocycles. The van der Waals surface area contributed by atoms with Crippen LogP contribution in [0.15, 0.2) is 53.1 Å². The van der Waals surface area contributed by atoms with Crippen LogP contribution in [0.4, 0.5) is 11.4 Å². The highest BCUT2D eigenvalue weighted by atomic mass is 16.5. The van der Waals surface area contributed by atoms with Gasteiger partial charge in [-0.2, -0.15) is 4.98 Å². The number of amides is 1. The predicted octanol–water partition coefficient (Wildman–Crippen LogP) is 3.68. The van der Waals surface area contributed by atoms with Gasteiger partial charge in [-0.15, -0.1) is 0 Å². The van der Waals surface area contributed by atoms with Crippen molar-refractivity contribution in [1.82, 2.24) is 10.1 Å². The highest BCUT2D eigenvalue weighted by Gasteiger charge is 2.29. The Morgan fingerprint density at radius 3 is 2.71 bits per heavy atom. The number of carbonyl (C=O) groups excluding carboxylic acids is 1. The lowest BCUT2D eigenvalue weighted by Crippen LogP contribution is -2.12. The number of ether oxygens (including phenoxy) is 1. The number of aromatic nitrogens is 2. The second kappa shape index (κ2) is 8.12. The summed E-state index contributed by atoms with van der Waals surface area (Å²) in [7, 11) is 0. The molecule has 1 saturated carbocycles. The maximum Gasteiger partial charge on any atom is 0.229 e. The van der Waals surface area contributed by atoms with Gasteiger partial charge in [0.1, 0.15) is 5.75 Å². The molecule has 28 heavy (non-hydrogen) atoms. The first-order valence-corrected chi connectivity index (χ1v) is 9.36. The fraction of sp³-hybridized carbons (Fsp3) is 0.286. The monoisotopic (exact) mass is 378 g/mol. The number of carbonyl (C=O) groups is 1. The Morgan fingerprint density at radius 1 is 1.18 bits per heavy atom. The molecule has 7 heteroatoms. The molecule has 0 unspecified atom stereocenters. The summed E-state index contributed by atoms with van der Waals surface area (Å²) < 4.78 is 10.9. The lowest BCUT2D eigenvalue weighted by Gasteiger charge is -2.08. The van der Waals surface area contributed by atoms with Crippen LogP contribution in [0.2, 0.25) is 0 Å². The average Bonchev–Trinajstić information content (AvgIpc) is 3.45. The first-order valence-electron chi connectivity index (χ1n) is 9.36. The van der Waals surface area contributed by atoms with Crippen molar-refractivity contribution in [1.29, 1.82) is 0 Å². The first kappa shape index (κ1) is 18.0. The summed E-state index contributed by atoms with van der Waals surface area (Å²) in [4.78, 5) is 16.5. The summed E-state index contributed by atoms with van der Waals surface area (Å²) >= 11 is 0. The highest BCUT2D eigenvalue weighted by molar-refractivity contribution is 5.90. The van der Waals surface area contributed by atoms with Crippen LogP contribution < -0.4 is 15.8 Å². The number of benzene rings is 2. The van der Waals surface area contributed by atoms with Gasteiger partial charge >= 0.3 is 0 Å². The number of hydrogen-bond acceptors (Lipinski definition) is 6. The number of rotatable bonds is 8. The number of nitrogens with one attached hydrogen (secondary N) is 1. The van der Waals surface area contributed by atoms with E-state index in [1.165, 1.54) is 0 Å². The lowest BCUT2D eigenvalue weighted by atomic mass is 10.1. The molecule has 1 aliphatic carbocycles. The molecule has 3 N–H and O–H groups in total. The third kappa shape index (κ3) is 4.68. The van der Waals surface area contributed by atoms with Crippen LogP contribution in [0.1, 0.15) is 42.5 Å². The fourth-order valence-electron chi connectivity index (χ4n) is 2.84. The Morgan fingerprint density at radius 2 is 1.96 bits per heavy atom. The number of nitrogen functional groups attached to an aromatic ring is 1. The zero-order chi connectivity index (χ0) is 19.3. The van der Waals surface area contributed by atoms with Gasteiger partial charge in [-0.05, 0) is 55.2 Å². The van der Waals surface area contributed by atoms with Gasteiger partial charge in [0.15, 0.2) is 6.61 Å². The van der Waals surface area contributed by atoms with Gasteiger partial charge in [0, 0.05) is 23.7 Å². The molecule has 2 aromatic carbocycles. The molecule has 7 nitrogen and oxygen atoms in total. The molecule has 0 saturated heterocycles. The molecule has 0 bridgehead atoms. The van der Waals surface area contributed by atoms with Gasteiger partial charge < -0.3 is 20.3 Å². The number of anilines is 2. The second-order valence-electron chi connectivity index (χ2n) is 6.88. The van der Waals surface area contributed by atoms with Crippen LogP contribution in [-0.4, -0.2) is 16.0 Å². The van der Waals surface area contributed by atoms with E-state index in [-0.39, 0.29) is 12.5 Å². The van der Waals surface area contributed by atoms with Crippen molar-refractivity contribution in [2.45, 2.75) is 38.2 Å². The molecule has 1 aromatic heterocycles. The van der Waals surface area contributed by atoms with Crippen molar-refractivity contribution in [3.05, 3.63) is 65.8 Å². The summed E-state index contributed by atoms with van der Waals surface area (Å²) in [6.45, 7) is 0.250. The predicted molar refractivity (Wildman–Crippen MR) is 105 cm³/mol. The van der Waals surface area contributed by atoms with Crippen molar-refractivity contribution < 1.29 is 14.1 Å². The molecule has 1 aliphatic rings. The van der Waals surface area contributed by atoms with E-state index < -0.39 is 0 Å². The second-order valence-corrected chi connectivity index (χ2v) is 6.88.